The van der Waals surface area contributed by atoms with Crippen LogP contribution in [0.15, 0.2) is 48.1 Å². The second kappa shape index (κ2) is 5.55. The molecule has 3 heterocycles. The van der Waals surface area contributed by atoms with Gasteiger partial charge in [-0.25, -0.2) is 4.79 Å². The van der Waals surface area contributed by atoms with E-state index in [-0.39, 0.29) is 10.8 Å². The summed E-state index contributed by atoms with van der Waals surface area (Å²) in [4.78, 5) is 23.9. The van der Waals surface area contributed by atoms with E-state index in [1.807, 2.05) is 40.5 Å². The number of carbonyl (C=O) groups excluding carboxylic acids is 1. The summed E-state index contributed by atoms with van der Waals surface area (Å²) in [5.74, 6) is -1.24. The van der Waals surface area contributed by atoms with Crippen LogP contribution in [0.5, 0.6) is 0 Å². The number of nitrogens with one attached hydrogen (secondary N) is 1. The van der Waals surface area contributed by atoms with Crippen LogP contribution in [-0.4, -0.2) is 21.6 Å². The molecule has 0 bridgehead atoms. The average molecular weight is 318 g/mol. The third kappa shape index (κ3) is 2.74. The van der Waals surface area contributed by atoms with E-state index >= 15 is 0 Å². The van der Waals surface area contributed by atoms with Gasteiger partial charge in [0.05, 0.1) is 10.7 Å². The first-order valence-corrected chi connectivity index (χ1v) is 7.70. The molecule has 7 heteroatoms. The minimum absolute atomic E-state index is 0.196. The highest BCUT2D eigenvalue weighted by molar-refractivity contribution is 7.18. The summed E-state index contributed by atoms with van der Waals surface area (Å²) < 4.78 is 1.86. The zero-order valence-corrected chi connectivity index (χ0v) is 12.3. The molecule has 3 aromatic rings. The lowest BCUT2D eigenvalue weighted by Gasteiger charge is -2.05. The molecule has 0 aliphatic heterocycles. The normalized spacial score (nSPS) is 10.5. The molecule has 21 heavy (non-hydrogen) atoms. The van der Waals surface area contributed by atoms with Crippen LogP contribution >= 0.6 is 22.7 Å². The minimum atomic E-state index is -0.996. The highest BCUT2D eigenvalue weighted by atomic mass is 32.1. The molecule has 2 N–H and O–H groups in total. The van der Waals surface area contributed by atoms with Gasteiger partial charge in [-0.2, -0.15) is 0 Å². The SMILES string of the molecule is O=C(O)c1ccc(NC(=O)c2sccc2-n2cccc2)s1. The summed E-state index contributed by atoms with van der Waals surface area (Å²) in [6.45, 7) is 0. The molecule has 0 aliphatic carbocycles. The number of carboxylic acids is 1. The van der Waals surface area contributed by atoms with Crippen LogP contribution in [-0.2, 0) is 0 Å². The summed E-state index contributed by atoms with van der Waals surface area (Å²) in [6, 6.07) is 8.71. The van der Waals surface area contributed by atoms with E-state index in [4.69, 9.17) is 5.11 Å². The van der Waals surface area contributed by atoms with Gasteiger partial charge >= 0.3 is 5.97 Å². The Morgan fingerprint density at radius 2 is 1.90 bits per heavy atom. The highest BCUT2D eigenvalue weighted by Crippen LogP contribution is 2.26. The topological polar surface area (TPSA) is 71.3 Å². The Bertz CT molecular complexity index is 787. The van der Waals surface area contributed by atoms with Crippen molar-refractivity contribution in [2.24, 2.45) is 0 Å². The zero-order chi connectivity index (χ0) is 14.8. The standard InChI is InChI=1S/C14H10N2O3S2/c17-13(15-11-4-3-10(21-11)14(18)19)12-9(5-8-20-12)16-6-1-2-7-16/h1-8H,(H,15,17)(H,18,19). The van der Waals surface area contributed by atoms with E-state index in [0.717, 1.165) is 17.0 Å². The predicted octanol–water partition coefficient (Wildman–Crippen LogP) is 3.55. The molecule has 5 nitrogen and oxygen atoms in total. The third-order valence-corrected chi connectivity index (χ3v) is 4.68. The predicted molar refractivity (Wildman–Crippen MR) is 82.9 cm³/mol. The van der Waals surface area contributed by atoms with Gasteiger partial charge in [-0.1, -0.05) is 0 Å². The van der Waals surface area contributed by atoms with E-state index in [2.05, 4.69) is 5.32 Å². The van der Waals surface area contributed by atoms with Crippen molar-refractivity contribution in [1.29, 1.82) is 0 Å². The van der Waals surface area contributed by atoms with Crippen molar-refractivity contribution >= 4 is 39.6 Å². The summed E-state index contributed by atoms with van der Waals surface area (Å²) in [5.41, 5.74) is 0.803. The molecule has 0 saturated carbocycles. The van der Waals surface area contributed by atoms with Gasteiger partial charge in [-0.15, -0.1) is 22.7 Å². The quantitative estimate of drug-likeness (QED) is 0.773. The lowest BCUT2D eigenvalue weighted by Crippen LogP contribution is -2.11. The fraction of sp³-hybridized carbons (Fsp3) is 0. The van der Waals surface area contributed by atoms with Gasteiger partial charge in [0.25, 0.3) is 5.91 Å². The molecule has 0 fully saturated rings. The van der Waals surface area contributed by atoms with Crippen molar-refractivity contribution in [3.63, 3.8) is 0 Å². The van der Waals surface area contributed by atoms with Crippen molar-refractivity contribution in [1.82, 2.24) is 4.57 Å². The number of hydrogen-bond donors (Lipinski definition) is 2. The largest absolute Gasteiger partial charge is 0.477 e. The van der Waals surface area contributed by atoms with Gasteiger partial charge in [0.1, 0.15) is 9.75 Å². The lowest BCUT2D eigenvalue weighted by atomic mass is 10.3. The van der Waals surface area contributed by atoms with Crippen molar-refractivity contribution in [2.45, 2.75) is 0 Å². The Morgan fingerprint density at radius 1 is 1.14 bits per heavy atom. The van der Waals surface area contributed by atoms with E-state index in [9.17, 15) is 9.59 Å². The number of aromatic carboxylic acids is 1. The molecular formula is C14H10N2O3S2. The summed E-state index contributed by atoms with van der Waals surface area (Å²) in [7, 11) is 0. The van der Waals surface area contributed by atoms with Crippen LogP contribution in [0.1, 0.15) is 19.3 Å². The lowest BCUT2D eigenvalue weighted by molar-refractivity contribution is 0.0702. The number of amides is 1. The number of carboxylic acid groups (broad SMARTS) is 1. The molecule has 1 amide bonds. The van der Waals surface area contributed by atoms with Gasteiger partial charge in [0, 0.05) is 12.4 Å². The Hall–Kier alpha value is -2.38. The number of hydrogen-bond acceptors (Lipinski definition) is 4. The number of carbonyl (C=O) groups is 2. The maximum Gasteiger partial charge on any atom is 0.345 e. The minimum Gasteiger partial charge on any atom is -0.477 e. The first-order valence-electron chi connectivity index (χ1n) is 6.00. The number of aromatic nitrogens is 1. The number of nitrogens with zero attached hydrogens (tertiary/aromatic N) is 1. The van der Waals surface area contributed by atoms with Crippen molar-refractivity contribution < 1.29 is 14.7 Å². The molecular weight excluding hydrogens is 308 g/mol. The van der Waals surface area contributed by atoms with E-state index in [0.29, 0.717) is 9.88 Å². The second-order valence-corrected chi connectivity index (χ2v) is 6.15. The average Bonchev–Trinajstić information content (AvgIpc) is 3.19. The van der Waals surface area contributed by atoms with Crippen LogP contribution < -0.4 is 5.32 Å². The van der Waals surface area contributed by atoms with Crippen LogP contribution in [0, 0.1) is 0 Å². The van der Waals surface area contributed by atoms with Crippen molar-refractivity contribution in [2.75, 3.05) is 5.32 Å². The Morgan fingerprint density at radius 3 is 2.57 bits per heavy atom. The number of thiophene rings is 2. The van der Waals surface area contributed by atoms with Gasteiger partial charge in [0.15, 0.2) is 0 Å². The molecule has 0 unspecified atom stereocenters. The highest BCUT2D eigenvalue weighted by Gasteiger charge is 2.16. The molecule has 0 spiro atoms. The van der Waals surface area contributed by atoms with Crippen LogP contribution in [0.4, 0.5) is 5.00 Å². The molecule has 0 aromatic carbocycles. The smallest absolute Gasteiger partial charge is 0.345 e. The molecule has 0 atom stereocenters. The summed E-state index contributed by atoms with van der Waals surface area (Å²) in [5, 5.41) is 14.0. The number of rotatable bonds is 4. The first kappa shape index (κ1) is 13.6. The molecule has 0 saturated heterocycles. The van der Waals surface area contributed by atoms with E-state index < -0.39 is 5.97 Å². The van der Waals surface area contributed by atoms with Gasteiger partial charge in [0.2, 0.25) is 0 Å². The monoisotopic (exact) mass is 318 g/mol. The molecule has 0 aliphatic rings. The first-order chi connectivity index (χ1) is 10.1. The van der Waals surface area contributed by atoms with Crippen molar-refractivity contribution in [3.8, 4) is 5.69 Å². The van der Waals surface area contributed by atoms with E-state index in [1.54, 1.807) is 6.07 Å². The molecule has 3 rings (SSSR count). The number of anilines is 1. The van der Waals surface area contributed by atoms with Gasteiger partial charge in [-0.3, -0.25) is 4.79 Å². The second-order valence-electron chi connectivity index (χ2n) is 4.15. The summed E-state index contributed by atoms with van der Waals surface area (Å²) >= 11 is 2.38. The fourth-order valence-corrected chi connectivity index (χ4v) is 3.38. The maximum absolute atomic E-state index is 12.3. The third-order valence-electron chi connectivity index (χ3n) is 2.79. The molecule has 0 radical (unpaired) electrons. The Balaban J connectivity index is 1.83. The van der Waals surface area contributed by atoms with Gasteiger partial charge in [-0.05, 0) is 35.7 Å². The van der Waals surface area contributed by atoms with E-state index in [1.165, 1.54) is 17.4 Å². The molecule has 3 aromatic heterocycles. The summed E-state index contributed by atoms with van der Waals surface area (Å²) in [6.07, 6.45) is 3.74. The Labute approximate surface area is 128 Å². The maximum atomic E-state index is 12.3. The van der Waals surface area contributed by atoms with Crippen molar-refractivity contribution in [3.05, 3.63) is 57.9 Å². The zero-order valence-electron chi connectivity index (χ0n) is 10.6. The van der Waals surface area contributed by atoms with Crippen LogP contribution in [0.25, 0.3) is 5.69 Å². The fourth-order valence-electron chi connectivity index (χ4n) is 1.86. The van der Waals surface area contributed by atoms with Gasteiger partial charge < -0.3 is 15.0 Å². The van der Waals surface area contributed by atoms with Crippen LogP contribution in [0.2, 0.25) is 0 Å². The van der Waals surface area contributed by atoms with Crippen LogP contribution in [0.3, 0.4) is 0 Å². The molecule has 106 valence electrons. The Kier molecular flexibility index (Phi) is 3.59.